The van der Waals surface area contributed by atoms with E-state index in [9.17, 15) is 22.4 Å². The molecule has 1 aromatic rings. The number of carbonyl (C=O) groups excluding carboxylic acids is 1. The summed E-state index contributed by atoms with van der Waals surface area (Å²) in [5.41, 5.74) is -2.07. The average molecular weight is 307 g/mol. The minimum Gasteiger partial charge on any atom is -0.383 e. The minimum absolute atomic E-state index is 0.208. The minimum atomic E-state index is -4.84. The van der Waals surface area contributed by atoms with Crippen LogP contribution in [-0.2, 0) is 10.9 Å². The molecule has 0 aliphatic rings. The van der Waals surface area contributed by atoms with E-state index in [0.29, 0.717) is 12.5 Å². The van der Waals surface area contributed by atoms with Gasteiger partial charge in [-0.05, 0) is 18.6 Å². The van der Waals surface area contributed by atoms with Crippen molar-refractivity contribution in [3.05, 3.63) is 35.1 Å². The first-order valence-corrected chi connectivity index (χ1v) is 6.46. The Bertz CT molecular complexity index is 482. The molecule has 21 heavy (non-hydrogen) atoms. The predicted octanol–water partition coefficient (Wildman–Crippen LogP) is 3.39. The van der Waals surface area contributed by atoms with Gasteiger partial charge in [0.05, 0.1) is 23.8 Å². The monoisotopic (exact) mass is 307 g/mol. The molecule has 3 nitrogen and oxygen atoms in total. The molecule has 1 atom stereocenters. The number of amides is 1. The van der Waals surface area contributed by atoms with Gasteiger partial charge in [0.2, 0.25) is 0 Å². The van der Waals surface area contributed by atoms with Crippen LogP contribution in [-0.4, -0.2) is 25.7 Å². The summed E-state index contributed by atoms with van der Waals surface area (Å²) in [6.45, 7) is 2.10. The Morgan fingerprint density at radius 1 is 1.38 bits per heavy atom. The van der Waals surface area contributed by atoms with Gasteiger partial charge in [-0.15, -0.1) is 0 Å². The lowest BCUT2D eigenvalue weighted by Crippen LogP contribution is -2.38. The second-order valence-corrected chi connectivity index (χ2v) is 4.58. The second kappa shape index (κ2) is 7.40. The van der Waals surface area contributed by atoms with E-state index in [2.05, 4.69) is 5.32 Å². The fourth-order valence-corrected chi connectivity index (χ4v) is 1.94. The van der Waals surface area contributed by atoms with Crippen molar-refractivity contribution in [2.24, 2.45) is 0 Å². The van der Waals surface area contributed by atoms with E-state index in [1.807, 2.05) is 6.92 Å². The van der Waals surface area contributed by atoms with Crippen molar-refractivity contribution in [1.29, 1.82) is 0 Å². The summed E-state index contributed by atoms with van der Waals surface area (Å²) >= 11 is 0. The molecule has 7 heteroatoms. The van der Waals surface area contributed by atoms with E-state index in [0.717, 1.165) is 18.6 Å². The summed E-state index contributed by atoms with van der Waals surface area (Å²) in [6, 6.07) is 2.26. The maximum absolute atomic E-state index is 13.8. The molecule has 1 rings (SSSR count). The van der Waals surface area contributed by atoms with Crippen molar-refractivity contribution in [1.82, 2.24) is 5.32 Å². The summed E-state index contributed by atoms with van der Waals surface area (Å²) in [6.07, 6.45) is -3.50. The molecule has 0 aromatic heterocycles. The molecular weight excluding hydrogens is 290 g/mol. The van der Waals surface area contributed by atoms with Crippen LogP contribution in [0.5, 0.6) is 0 Å². The van der Waals surface area contributed by atoms with Crippen LogP contribution in [0.1, 0.15) is 35.7 Å². The molecule has 0 heterocycles. The maximum atomic E-state index is 13.8. The molecule has 0 saturated carbocycles. The smallest absolute Gasteiger partial charge is 0.383 e. The largest absolute Gasteiger partial charge is 0.419 e. The molecule has 1 unspecified atom stereocenters. The van der Waals surface area contributed by atoms with Crippen LogP contribution in [0.15, 0.2) is 18.2 Å². The molecule has 0 aliphatic carbocycles. The van der Waals surface area contributed by atoms with Crippen LogP contribution in [0.2, 0.25) is 0 Å². The highest BCUT2D eigenvalue weighted by molar-refractivity contribution is 5.94. The Kier molecular flexibility index (Phi) is 6.14. The lowest BCUT2D eigenvalue weighted by molar-refractivity contribution is -0.140. The number of benzene rings is 1. The topological polar surface area (TPSA) is 38.3 Å². The highest BCUT2D eigenvalue weighted by Crippen LogP contribution is 2.32. The number of nitrogens with one attached hydrogen (secondary N) is 1. The fourth-order valence-electron chi connectivity index (χ4n) is 1.94. The molecule has 0 radical (unpaired) electrons. The van der Waals surface area contributed by atoms with Gasteiger partial charge in [0.1, 0.15) is 5.82 Å². The van der Waals surface area contributed by atoms with Crippen LogP contribution in [0.25, 0.3) is 0 Å². The zero-order chi connectivity index (χ0) is 16.0. The molecule has 0 spiro atoms. The number of ether oxygens (including phenoxy) is 1. The first-order valence-electron chi connectivity index (χ1n) is 6.46. The molecule has 1 amide bonds. The number of alkyl halides is 3. The first kappa shape index (κ1) is 17.4. The third kappa shape index (κ3) is 4.70. The highest BCUT2D eigenvalue weighted by atomic mass is 19.4. The van der Waals surface area contributed by atoms with Gasteiger partial charge in [0.15, 0.2) is 0 Å². The zero-order valence-corrected chi connectivity index (χ0v) is 11.8. The molecule has 0 bridgehead atoms. The third-order valence-corrected chi connectivity index (χ3v) is 2.89. The highest BCUT2D eigenvalue weighted by Gasteiger charge is 2.35. The number of hydrogen-bond acceptors (Lipinski definition) is 2. The lowest BCUT2D eigenvalue weighted by Gasteiger charge is -2.18. The van der Waals surface area contributed by atoms with Crippen LogP contribution < -0.4 is 5.32 Å². The fraction of sp³-hybridized carbons (Fsp3) is 0.500. The van der Waals surface area contributed by atoms with Crippen molar-refractivity contribution in [3.8, 4) is 0 Å². The van der Waals surface area contributed by atoms with E-state index < -0.39 is 29.0 Å². The Morgan fingerprint density at radius 3 is 2.57 bits per heavy atom. The molecule has 1 N–H and O–H groups in total. The Morgan fingerprint density at radius 2 is 2.05 bits per heavy atom. The lowest BCUT2D eigenvalue weighted by atomic mass is 10.1. The van der Waals surface area contributed by atoms with E-state index >= 15 is 0 Å². The van der Waals surface area contributed by atoms with Gasteiger partial charge in [0.25, 0.3) is 5.91 Å². The van der Waals surface area contributed by atoms with Crippen molar-refractivity contribution in [2.45, 2.75) is 32.0 Å². The molecular formula is C14H17F4NO2. The van der Waals surface area contributed by atoms with Gasteiger partial charge in [0, 0.05) is 7.11 Å². The third-order valence-electron chi connectivity index (χ3n) is 2.89. The van der Waals surface area contributed by atoms with E-state index in [1.54, 1.807) is 0 Å². The number of hydrogen-bond donors (Lipinski definition) is 1. The average Bonchev–Trinajstić information content (AvgIpc) is 2.38. The summed E-state index contributed by atoms with van der Waals surface area (Å²) in [7, 11) is 1.44. The Hall–Kier alpha value is -1.63. The molecule has 0 fully saturated rings. The van der Waals surface area contributed by atoms with Gasteiger partial charge in [-0.3, -0.25) is 4.79 Å². The van der Waals surface area contributed by atoms with Crippen molar-refractivity contribution < 1.29 is 27.1 Å². The number of methoxy groups -OCH3 is 1. The number of rotatable bonds is 6. The second-order valence-electron chi connectivity index (χ2n) is 4.58. The summed E-state index contributed by atoms with van der Waals surface area (Å²) in [5, 5.41) is 2.48. The zero-order valence-electron chi connectivity index (χ0n) is 11.8. The molecule has 0 saturated heterocycles. The summed E-state index contributed by atoms with van der Waals surface area (Å²) in [4.78, 5) is 11.9. The van der Waals surface area contributed by atoms with Crippen molar-refractivity contribution >= 4 is 5.91 Å². The van der Waals surface area contributed by atoms with Gasteiger partial charge in [-0.25, -0.2) is 4.39 Å². The maximum Gasteiger partial charge on any atom is 0.419 e. The first-order chi connectivity index (χ1) is 9.81. The van der Waals surface area contributed by atoms with Gasteiger partial charge < -0.3 is 10.1 Å². The SMILES string of the molecule is CCCC(COC)NC(=O)c1cccc(C(F)(F)F)c1F. The summed E-state index contributed by atoms with van der Waals surface area (Å²) in [5.74, 6) is -2.44. The summed E-state index contributed by atoms with van der Waals surface area (Å²) < 4.78 is 56.6. The van der Waals surface area contributed by atoms with Crippen LogP contribution in [0.4, 0.5) is 17.6 Å². The molecule has 0 aliphatic heterocycles. The van der Waals surface area contributed by atoms with Crippen molar-refractivity contribution in [2.75, 3.05) is 13.7 Å². The van der Waals surface area contributed by atoms with Crippen LogP contribution in [0, 0.1) is 5.82 Å². The normalized spacial score (nSPS) is 13.0. The van der Waals surface area contributed by atoms with Gasteiger partial charge >= 0.3 is 6.18 Å². The Balaban J connectivity index is 2.97. The molecule has 1 aromatic carbocycles. The number of halogens is 4. The standard InChI is InChI=1S/C14H17F4NO2/c1-3-5-9(8-21-2)19-13(20)10-6-4-7-11(12(10)15)14(16,17)18/h4,6-7,9H,3,5,8H2,1-2H3,(H,19,20). The van der Waals surface area contributed by atoms with Crippen LogP contribution in [0.3, 0.4) is 0 Å². The number of carbonyl (C=O) groups is 1. The van der Waals surface area contributed by atoms with Gasteiger partial charge in [-0.1, -0.05) is 19.4 Å². The predicted molar refractivity (Wildman–Crippen MR) is 69.4 cm³/mol. The van der Waals surface area contributed by atoms with E-state index in [4.69, 9.17) is 4.74 Å². The van der Waals surface area contributed by atoms with Gasteiger partial charge in [-0.2, -0.15) is 13.2 Å². The van der Waals surface area contributed by atoms with E-state index in [-0.39, 0.29) is 12.6 Å². The quantitative estimate of drug-likeness (QED) is 0.818. The Labute approximate surface area is 120 Å². The van der Waals surface area contributed by atoms with E-state index in [1.165, 1.54) is 7.11 Å². The van der Waals surface area contributed by atoms with Crippen LogP contribution >= 0.6 is 0 Å². The van der Waals surface area contributed by atoms with Crippen molar-refractivity contribution in [3.63, 3.8) is 0 Å². The molecule has 118 valence electrons.